The zero-order valence-corrected chi connectivity index (χ0v) is 16.5. The number of aromatic amines is 1. The van der Waals surface area contributed by atoms with Gasteiger partial charge in [-0.2, -0.15) is 0 Å². The van der Waals surface area contributed by atoms with Crippen LogP contribution in [0, 0.1) is 19.8 Å². The van der Waals surface area contributed by atoms with E-state index in [9.17, 15) is 14.4 Å². The van der Waals surface area contributed by atoms with Crippen molar-refractivity contribution in [2.75, 3.05) is 6.54 Å². The van der Waals surface area contributed by atoms with Crippen molar-refractivity contribution in [3.8, 4) is 0 Å². The molecule has 2 heterocycles. The van der Waals surface area contributed by atoms with Crippen LogP contribution in [-0.4, -0.2) is 45.1 Å². The summed E-state index contributed by atoms with van der Waals surface area (Å²) in [7, 11) is 0. The van der Waals surface area contributed by atoms with Gasteiger partial charge in [-0.3, -0.25) is 24.2 Å². The van der Waals surface area contributed by atoms with Crippen LogP contribution in [0.2, 0.25) is 0 Å². The number of hydrogen-bond donors (Lipinski definition) is 2. The minimum Gasteiger partial charge on any atom is -0.347 e. The second kappa shape index (κ2) is 6.96. The summed E-state index contributed by atoms with van der Waals surface area (Å²) < 4.78 is 1.42. The van der Waals surface area contributed by atoms with Crippen molar-refractivity contribution in [3.63, 3.8) is 0 Å². The number of piperidine rings is 1. The molecule has 0 spiro atoms. The average Bonchev–Trinajstić information content (AvgIpc) is 3.36. The number of aryl methyl sites for hydroxylation is 3. The average molecular weight is 382 g/mol. The summed E-state index contributed by atoms with van der Waals surface area (Å²) >= 11 is 0. The van der Waals surface area contributed by atoms with Gasteiger partial charge in [0.2, 0.25) is 0 Å². The highest BCUT2D eigenvalue weighted by atomic mass is 16.2. The highest BCUT2D eigenvalue weighted by molar-refractivity contribution is 5.95. The first-order valence-corrected chi connectivity index (χ1v) is 9.86. The molecule has 2 aromatic rings. The van der Waals surface area contributed by atoms with E-state index >= 15 is 0 Å². The van der Waals surface area contributed by atoms with Crippen molar-refractivity contribution in [1.29, 1.82) is 0 Å². The van der Waals surface area contributed by atoms with Gasteiger partial charge in [-0.15, -0.1) is 0 Å². The molecule has 7 heteroatoms. The number of benzene rings is 1. The lowest BCUT2D eigenvalue weighted by molar-refractivity contribution is 0.0642. The Hall–Kier alpha value is -2.83. The van der Waals surface area contributed by atoms with E-state index in [4.69, 9.17) is 0 Å². The molecule has 2 aliphatic rings. The van der Waals surface area contributed by atoms with Crippen molar-refractivity contribution in [1.82, 2.24) is 20.0 Å². The van der Waals surface area contributed by atoms with Gasteiger partial charge in [0.05, 0.1) is 6.04 Å². The van der Waals surface area contributed by atoms with Gasteiger partial charge in [0.25, 0.3) is 17.4 Å². The molecule has 1 aromatic heterocycles. The molecule has 1 aliphatic carbocycles. The molecule has 7 nitrogen and oxygen atoms in total. The molecule has 0 radical (unpaired) electrons. The SMILES string of the molecule is CCn1[nH]c(C(=O)N2CC3CC(NC(=O)c4ccc(C)c(C)c4)C2C3)cc1=O. The summed E-state index contributed by atoms with van der Waals surface area (Å²) in [5, 5.41) is 6.01. The summed E-state index contributed by atoms with van der Waals surface area (Å²) in [6.07, 6.45) is 1.78. The molecule has 2 N–H and O–H groups in total. The molecule has 3 atom stereocenters. The van der Waals surface area contributed by atoms with Crippen LogP contribution < -0.4 is 10.9 Å². The fourth-order valence-electron chi connectivity index (χ4n) is 4.48. The number of H-pyrrole nitrogens is 1. The predicted molar refractivity (Wildman–Crippen MR) is 105 cm³/mol. The molecule has 1 aromatic carbocycles. The lowest BCUT2D eigenvalue weighted by atomic mass is 10.0. The smallest absolute Gasteiger partial charge is 0.272 e. The molecule has 1 saturated heterocycles. The fraction of sp³-hybridized carbons (Fsp3) is 0.476. The van der Waals surface area contributed by atoms with E-state index in [-0.39, 0.29) is 29.5 Å². The van der Waals surface area contributed by atoms with Crippen LogP contribution in [0.4, 0.5) is 0 Å². The standard InChI is InChI=1S/C21H26N4O3/c1-4-25-19(26)10-17(23-25)21(28)24-11-14-8-16(18(24)9-14)22-20(27)15-6-5-12(2)13(3)7-15/h5-7,10,14,16,18,23H,4,8-9,11H2,1-3H3,(H,22,27). The third-order valence-corrected chi connectivity index (χ3v) is 6.16. The third kappa shape index (κ3) is 3.15. The van der Waals surface area contributed by atoms with Crippen LogP contribution in [0.25, 0.3) is 0 Å². The van der Waals surface area contributed by atoms with Crippen LogP contribution in [-0.2, 0) is 6.54 Å². The normalized spacial score (nSPS) is 23.2. The Labute approximate surface area is 163 Å². The summed E-state index contributed by atoms with van der Waals surface area (Å²) in [6.45, 7) is 7.04. The van der Waals surface area contributed by atoms with Crippen molar-refractivity contribution >= 4 is 11.8 Å². The maximum absolute atomic E-state index is 12.9. The quantitative estimate of drug-likeness (QED) is 0.846. The second-order valence-electron chi connectivity index (χ2n) is 7.99. The number of hydrogen-bond acceptors (Lipinski definition) is 3. The zero-order chi connectivity index (χ0) is 20.0. The van der Waals surface area contributed by atoms with E-state index in [1.807, 2.05) is 43.9 Å². The molecule has 2 bridgehead atoms. The largest absolute Gasteiger partial charge is 0.347 e. The molecule has 2 fully saturated rings. The van der Waals surface area contributed by atoms with E-state index < -0.39 is 0 Å². The number of likely N-dealkylation sites (tertiary alicyclic amines) is 1. The molecular formula is C21H26N4O3. The van der Waals surface area contributed by atoms with E-state index in [0.717, 1.165) is 24.0 Å². The van der Waals surface area contributed by atoms with Crippen molar-refractivity contribution in [2.24, 2.45) is 5.92 Å². The first-order chi connectivity index (χ1) is 13.4. The molecule has 2 amide bonds. The maximum atomic E-state index is 12.9. The van der Waals surface area contributed by atoms with E-state index in [2.05, 4.69) is 10.4 Å². The Kier molecular flexibility index (Phi) is 4.61. The number of amides is 2. The van der Waals surface area contributed by atoms with E-state index in [1.54, 1.807) is 0 Å². The lowest BCUT2D eigenvalue weighted by Crippen LogP contribution is -2.52. The van der Waals surface area contributed by atoms with Crippen LogP contribution in [0.5, 0.6) is 0 Å². The summed E-state index contributed by atoms with van der Waals surface area (Å²) in [4.78, 5) is 39.3. The Morgan fingerprint density at radius 3 is 2.61 bits per heavy atom. The van der Waals surface area contributed by atoms with Gasteiger partial charge in [0.1, 0.15) is 5.69 Å². The van der Waals surface area contributed by atoms with Crippen LogP contribution >= 0.6 is 0 Å². The van der Waals surface area contributed by atoms with Gasteiger partial charge >= 0.3 is 0 Å². The Bertz CT molecular complexity index is 990. The zero-order valence-electron chi connectivity index (χ0n) is 16.5. The Morgan fingerprint density at radius 1 is 1.18 bits per heavy atom. The molecule has 3 unspecified atom stereocenters. The van der Waals surface area contributed by atoms with Crippen molar-refractivity contribution in [3.05, 3.63) is 57.0 Å². The maximum Gasteiger partial charge on any atom is 0.272 e. The van der Waals surface area contributed by atoms with Crippen LogP contribution in [0.1, 0.15) is 51.7 Å². The highest BCUT2D eigenvalue weighted by Crippen LogP contribution is 2.38. The van der Waals surface area contributed by atoms with Crippen LogP contribution in [0.15, 0.2) is 29.1 Å². The van der Waals surface area contributed by atoms with Gasteiger partial charge in [-0.25, -0.2) is 0 Å². The number of rotatable bonds is 4. The first kappa shape index (κ1) is 18.5. The second-order valence-corrected chi connectivity index (χ2v) is 7.99. The summed E-state index contributed by atoms with van der Waals surface area (Å²) in [6, 6.07) is 6.97. The Balaban J connectivity index is 1.48. The van der Waals surface area contributed by atoms with Gasteiger partial charge in [0.15, 0.2) is 0 Å². The number of nitrogens with one attached hydrogen (secondary N) is 2. The topological polar surface area (TPSA) is 87.2 Å². The van der Waals surface area contributed by atoms with Crippen molar-refractivity contribution < 1.29 is 9.59 Å². The molecule has 1 aliphatic heterocycles. The van der Waals surface area contributed by atoms with Crippen LogP contribution in [0.3, 0.4) is 0 Å². The number of aromatic nitrogens is 2. The lowest BCUT2D eigenvalue weighted by Gasteiger charge is -2.33. The highest BCUT2D eigenvalue weighted by Gasteiger charge is 2.47. The number of carbonyl (C=O) groups excluding carboxylic acids is 2. The summed E-state index contributed by atoms with van der Waals surface area (Å²) in [5.74, 6) is 0.125. The minimum absolute atomic E-state index is 0.0264. The summed E-state index contributed by atoms with van der Waals surface area (Å²) in [5.41, 5.74) is 3.00. The number of carbonyl (C=O) groups is 2. The molecule has 4 rings (SSSR count). The number of fused-ring (bicyclic) bond motifs is 2. The van der Waals surface area contributed by atoms with Gasteiger partial charge in [0, 0.05) is 30.8 Å². The first-order valence-electron chi connectivity index (χ1n) is 9.86. The monoisotopic (exact) mass is 382 g/mol. The fourth-order valence-corrected chi connectivity index (χ4v) is 4.48. The molecule has 1 saturated carbocycles. The molecule has 148 valence electrons. The molecule has 28 heavy (non-hydrogen) atoms. The van der Waals surface area contributed by atoms with E-state index in [0.29, 0.717) is 30.3 Å². The predicted octanol–water partition coefficient (Wildman–Crippen LogP) is 1.85. The Morgan fingerprint density at radius 2 is 1.96 bits per heavy atom. The molecular weight excluding hydrogens is 356 g/mol. The van der Waals surface area contributed by atoms with Gasteiger partial charge in [-0.05, 0) is 62.8 Å². The van der Waals surface area contributed by atoms with E-state index in [1.165, 1.54) is 10.7 Å². The number of nitrogens with zero attached hydrogens (tertiary/aromatic N) is 2. The minimum atomic E-state index is -0.199. The van der Waals surface area contributed by atoms with Crippen molar-refractivity contribution in [2.45, 2.75) is 52.2 Å². The third-order valence-electron chi connectivity index (χ3n) is 6.16. The van der Waals surface area contributed by atoms with Gasteiger partial charge in [-0.1, -0.05) is 6.07 Å². The van der Waals surface area contributed by atoms with Gasteiger partial charge < -0.3 is 10.2 Å².